The lowest BCUT2D eigenvalue weighted by molar-refractivity contribution is 0.0600. The Kier molecular flexibility index (Phi) is 5.51. The van der Waals surface area contributed by atoms with Gasteiger partial charge in [-0.1, -0.05) is 13.8 Å². The Hall–Kier alpha value is -1.69. The Morgan fingerprint density at radius 2 is 2.28 bits per heavy atom. The van der Waals surface area contributed by atoms with E-state index in [9.17, 15) is 9.90 Å². The fraction of sp³-hybridized carbons (Fsp3) is 0.583. The first-order valence-corrected chi connectivity index (χ1v) is 5.84. The van der Waals surface area contributed by atoms with Gasteiger partial charge in [-0.15, -0.1) is 0 Å². The fourth-order valence-electron chi connectivity index (χ4n) is 1.57. The minimum absolute atomic E-state index is 0.261. The zero-order valence-electron chi connectivity index (χ0n) is 10.9. The van der Waals surface area contributed by atoms with Crippen LogP contribution < -0.4 is 5.32 Å². The first-order valence-electron chi connectivity index (χ1n) is 5.84. The third-order valence-electron chi connectivity index (χ3n) is 2.37. The zero-order chi connectivity index (χ0) is 13.5. The van der Waals surface area contributed by atoms with Gasteiger partial charge >= 0.3 is 5.97 Å². The number of carbonyl (C=O) groups is 1. The van der Waals surface area contributed by atoms with Crippen molar-refractivity contribution in [3.63, 3.8) is 0 Å². The van der Waals surface area contributed by atoms with Gasteiger partial charge in [0, 0.05) is 12.7 Å². The molecule has 100 valence electrons. The number of hydrogen-bond donors (Lipinski definition) is 2. The van der Waals surface area contributed by atoms with Gasteiger partial charge in [-0.05, 0) is 12.3 Å². The number of aliphatic hydroxyl groups is 1. The molecule has 0 aliphatic carbocycles. The fourth-order valence-corrected chi connectivity index (χ4v) is 1.57. The van der Waals surface area contributed by atoms with E-state index in [4.69, 9.17) is 0 Å². The molecule has 0 saturated carbocycles. The van der Waals surface area contributed by atoms with Crippen molar-refractivity contribution in [1.29, 1.82) is 0 Å². The van der Waals surface area contributed by atoms with Crippen LogP contribution in [0.5, 0.6) is 0 Å². The van der Waals surface area contributed by atoms with Gasteiger partial charge in [-0.3, -0.25) is 0 Å². The Morgan fingerprint density at radius 3 is 2.89 bits per heavy atom. The average Bonchev–Trinajstić information content (AvgIpc) is 2.35. The molecule has 1 heterocycles. The molecule has 2 N–H and O–H groups in total. The lowest BCUT2D eigenvalue weighted by atomic mass is 10.1. The number of ether oxygens (including phenoxy) is 1. The summed E-state index contributed by atoms with van der Waals surface area (Å²) in [5.41, 5.74) is 0.261. The van der Waals surface area contributed by atoms with Crippen molar-refractivity contribution < 1.29 is 14.6 Å². The average molecular weight is 253 g/mol. The van der Waals surface area contributed by atoms with Crippen molar-refractivity contribution in [3.05, 3.63) is 18.1 Å². The largest absolute Gasteiger partial charge is 0.465 e. The SMILES string of the molecule is COC(=O)c1cncnc1NCC(O)CC(C)C. The first-order chi connectivity index (χ1) is 8.54. The number of nitrogens with zero attached hydrogens (tertiary/aromatic N) is 2. The second kappa shape index (κ2) is 6.90. The van der Waals surface area contributed by atoms with Crippen LogP contribution in [0, 0.1) is 5.92 Å². The summed E-state index contributed by atoms with van der Waals surface area (Å²) in [7, 11) is 1.30. The number of carbonyl (C=O) groups excluding carboxylic acids is 1. The second-order valence-corrected chi connectivity index (χ2v) is 4.44. The molecule has 1 aromatic rings. The minimum Gasteiger partial charge on any atom is -0.465 e. The van der Waals surface area contributed by atoms with Crippen LogP contribution in [-0.2, 0) is 4.74 Å². The summed E-state index contributed by atoms with van der Waals surface area (Å²) in [4.78, 5) is 19.2. The molecular weight excluding hydrogens is 234 g/mol. The van der Waals surface area contributed by atoms with Crippen LogP contribution in [0.3, 0.4) is 0 Å². The summed E-state index contributed by atoms with van der Waals surface area (Å²) in [5.74, 6) is 0.281. The molecule has 0 radical (unpaired) electrons. The molecular formula is C12H19N3O3. The predicted molar refractivity (Wildman–Crippen MR) is 67.3 cm³/mol. The molecule has 6 heteroatoms. The third-order valence-corrected chi connectivity index (χ3v) is 2.37. The topological polar surface area (TPSA) is 84.3 Å². The van der Waals surface area contributed by atoms with Crippen molar-refractivity contribution in [1.82, 2.24) is 9.97 Å². The van der Waals surface area contributed by atoms with Crippen LogP contribution in [0.2, 0.25) is 0 Å². The molecule has 0 fully saturated rings. The molecule has 0 amide bonds. The second-order valence-electron chi connectivity index (χ2n) is 4.44. The molecule has 1 aromatic heterocycles. The van der Waals surface area contributed by atoms with E-state index in [1.54, 1.807) is 0 Å². The highest BCUT2D eigenvalue weighted by atomic mass is 16.5. The van der Waals surface area contributed by atoms with Gasteiger partial charge in [-0.25, -0.2) is 14.8 Å². The number of aromatic nitrogens is 2. The Bertz CT molecular complexity index is 396. The molecule has 0 aliphatic heterocycles. The van der Waals surface area contributed by atoms with E-state index in [1.165, 1.54) is 19.6 Å². The molecule has 0 bridgehead atoms. The van der Waals surface area contributed by atoms with Gasteiger partial charge in [-0.2, -0.15) is 0 Å². The van der Waals surface area contributed by atoms with Crippen LogP contribution in [0.15, 0.2) is 12.5 Å². The standard InChI is InChI=1S/C12H19N3O3/c1-8(2)4-9(16)5-14-11-10(12(17)18-3)6-13-7-15-11/h6-9,16H,4-5H2,1-3H3,(H,13,14,15). The van der Waals surface area contributed by atoms with E-state index >= 15 is 0 Å². The van der Waals surface area contributed by atoms with E-state index in [0.717, 1.165) is 0 Å². The summed E-state index contributed by atoms with van der Waals surface area (Å²) in [6, 6.07) is 0. The number of anilines is 1. The molecule has 1 unspecified atom stereocenters. The third kappa shape index (κ3) is 4.29. The van der Waals surface area contributed by atoms with Crippen molar-refractivity contribution in [2.45, 2.75) is 26.4 Å². The normalized spacial score (nSPS) is 12.3. The van der Waals surface area contributed by atoms with Crippen molar-refractivity contribution in [2.75, 3.05) is 19.0 Å². The quantitative estimate of drug-likeness (QED) is 0.738. The molecule has 1 rings (SSSR count). The highest BCUT2D eigenvalue weighted by Gasteiger charge is 2.14. The van der Waals surface area contributed by atoms with E-state index in [0.29, 0.717) is 24.7 Å². The molecule has 0 spiro atoms. The monoisotopic (exact) mass is 253 g/mol. The van der Waals surface area contributed by atoms with E-state index in [-0.39, 0.29) is 5.56 Å². The van der Waals surface area contributed by atoms with Crippen molar-refractivity contribution in [2.24, 2.45) is 5.92 Å². The number of nitrogens with one attached hydrogen (secondary N) is 1. The highest BCUT2D eigenvalue weighted by Crippen LogP contribution is 2.12. The van der Waals surface area contributed by atoms with Gasteiger partial charge in [0.2, 0.25) is 0 Å². The molecule has 1 atom stereocenters. The summed E-state index contributed by atoms with van der Waals surface area (Å²) in [5, 5.41) is 12.7. The lowest BCUT2D eigenvalue weighted by Crippen LogP contribution is -2.23. The van der Waals surface area contributed by atoms with Gasteiger partial charge in [0.1, 0.15) is 17.7 Å². The Morgan fingerprint density at radius 1 is 1.56 bits per heavy atom. The minimum atomic E-state index is -0.503. The van der Waals surface area contributed by atoms with Gasteiger partial charge < -0.3 is 15.2 Å². The Balaban J connectivity index is 2.64. The van der Waals surface area contributed by atoms with Crippen molar-refractivity contribution >= 4 is 11.8 Å². The van der Waals surface area contributed by atoms with Crippen LogP contribution >= 0.6 is 0 Å². The number of methoxy groups -OCH3 is 1. The molecule has 18 heavy (non-hydrogen) atoms. The molecule has 6 nitrogen and oxygen atoms in total. The first kappa shape index (κ1) is 14.4. The number of aliphatic hydroxyl groups excluding tert-OH is 1. The molecule has 0 saturated heterocycles. The predicted octanol–water partition coefficient (Wildman–Crippen LogP) is 1.08. The Labute approximate surface area is 106 Å². The van der Waals surface area contributed by atoms with Crippen LogP contribution in [0.1, 0.15) is 30.6 Å². The van der Waals surface area contributed by atoms with Gasteiger partial charge in [0.05, 0.1) is 13.2 Å². The summed E-state index contributed by atoms with van der Waals surface area (Å²) in [6.07, 6.45) is 2.93. The maximum absolute atomic E-state index is 11.5. The van der Waals surface area contributed by atoms with Gasteiger partial charge in [0.25, 0.3) is 0 Å². The summed E-state index contributed by atoms with van der Waals surface area (Å²) < 4.78 is 4.63. The summed E-state index contributed by atoms with van der Waals surface area (Å²) in [6.45, 7) is 4.40. The van der Waals surface area contributed by atoms with E-state index in [2.05, 4.69) is 20.0 Å². The molecule has 0 aliphatic rings. The van der Waals surface area contributed by atoms with E-state index in [1.807, 2.05) is 13.8 Å². The zero-order valence-corrected chi connectivity index (χ0v) is 10.9. The van der Waals surface area contributed by atoms with Crippen LogP contribution in [0.25, 0.3) is 0 Å². The maximum atomic E-state index is 11.5. The number of esters is 1. The smallest absolute Gasteiger partial charge is 0.343 e. The van der Waals surface area contributed by atoms with Crippen LogP contribution in [-0.4, -0.2) is 40.8 Å². The maximum Gasteiger partial charge on any atom is 0.343 e. The highest BCUT2D eigenvalue weighted by molar-refractivity contribution is 5.94. The lowest BCUT2D eigenvalue weighted by Gasteiger charge is -2.15. The number of hydrogen-bond acceptors (Lipinski definition) is 6. The molecule has 0 aromatic carbocycles. The van der Waals surface area contributed by atoms with Crippen molar-refractivity contribution in [3.8, 4) is 0 Å². The van der Waals surface area contributed by atoms with Crippen LogP contribution in [0.4, 0.5) is 5.82 Å². The summed E-state index contributed by atoms with van der Waals surface area (Å²) >= 11 is 0. The van der Waals surface area contributed by atoms with E-state index < -0.39 is 12.1 Å². The van der Waals surface area contributed by atoms with Gasteiger partial charge in [0.15, 0.2) is 0 Å². The number of rotatable bonds is 6.